The van der Waals surface area contributed by atoms with Crippen molar-refractivity contribution in [3.05, 3.63) is 24.0 Å². The van der Waals surface area contributed by atoms with Gasteiger partial charge in [0, 0.05) is 11.8 Å². The standard InChI is InChI=1S/C14H16FN3O/c15-10-3-6-13-12(7-10)18-14(19-13)17-11-4-1-9(8-16)2-5-11/h3,6-7,9H,1-2,4-5,8,16H2. The molecule has 1 fully saturated rings. The van der Waals surface area contributed by atoms with E-state index in [2.05, 4.69) is 9.98 Å². The highest BCUT2D eigenvalue weighted by Gasteiger charge is 2.17. The summed E-state index contributed by atoms with van der Waals surface area (Å²) in [5, 5.41) is 0. The molecule has 0 aliphatic heterocycles. The minimum atomic E-state index is -0.316. The molecule has 5 heteroatoms. The smallest absolute Gasteiger partial charge is 0.322 e. The SMILES string of the molecule is NCC1CCC(=Nc2nc3cc(F)ccc3o2)CC1. The van der Waals surface area contributed by atoms with Gasteiger partial charge in [-0.3, -0.25) is 0 Å². The van der Waals surface area contributed by atoms with Crippen LogP contribution in [0.15, 0.2) is 27.6 Å². The molecule has 1 aromatic carbocycles. The van der Waals surface area contributed by atoms with Crippen molar-refractivity contribution < 1.29 is 8.81 Å². The van der Waals surface area contributed by atoms with Crippen molar-refractivity contribution in [2.24, 2.45) is 16.6 Å². The summed E-state index contributed by atoms with van der Waals surface area (Å²) in [6.07, 6.45) is 4.03. The maximum Gasteiger partial charge on any atom is 0.322 e. The van der Waals surface area contributed by atoms with E-state index in [0.717, 1.165) is 37.9 Å². The number of oxazole rings is 1. The Bertz CT molecular complexity index is 610. The molecule has 1 aliphatic carbocycles. The van der Waals surface area contributed by atoms with Crippen LogP contribution >= 0.6 is 0 Å². The van der Waals surface area contributed by atoms with E-state index in [1.54, 1.807) is 6.07 Å². The second-order valence-electron chi connectivity index (χ2n) is 4.97. The summed E-state index contributed by atoms with van der Waals surface area (Å²) in [7, 11) is 0. The van der Waals surface area contributed by atoms with Gasteiger partial charge in [-0.2, -0.15) is 4.98 Å². The summed E-state index contributed by atoms with van der Waals surface area (Å²) in [5.41, 5.74) is 7.83. The first-order chi connectivity index (χ1) is 9.24. The summed E-state index contributed by atoms with van der Waals surface area (Å²) in [4.78, 5) is 8.62. The first-order valence-corrected chi connectivity index (χ1v) is 6.57. The largest absolute Gasteiger partial charge is 0.422 e. The molecule has 4 nitrogen and oxygen atoms in total. The van der Waals surface area contributed by atoms with Gasteiger partial charge in [0.25, 0.3) is 0 Å². The highest BCUT2D eigenvalue weighted by atomic mass is 19.1. The Hall–Kier alpha value is -1.75. The van der Waals surface area contributed by atoms with Gasteiger partial charge in [0.05, 0.1) is 0 Å². The number of hydrogen-bond acceptors (Lipinski definition) is 4. The quantitative estimate of drug-likeness (QED) is 0.902. The number of fused-ring (bicyclic) bond motifs is 1. The van der Waals surface area contributed by atoms with Gasteiger partial charge in [0.2, 0.25) is 0 Å². The first-order valence-electron chi connectivity index (χ1n) is 6.57. The molecule has 0 amide bonds. The Morgan fingerprint density at radius 2 is 2.16 bits per heavy atom. The maximum atomic E-state index is 13.1. The van der Waals surface area contributed by atoms with Crippen LogP contribution < -0.4 is 5.73 Å². The molecule has 0 spiro atoms. The molecule has 3 rings (SSSR count). The number of benzene rings is 1. The van der Waals surface area contributed by atoms with E-state index in [1.807, 2.05) is 0 Å². The fourth-order valence-corrected chi connectivity index (χ4v) is 2.43. The van der Waals surface area contributed by atoms with E-state index >= 15 is 0 Å². The van der Waals surface area contributed by atoms with Gasteiger partial charge in [0.1, 0.15) is 11.3 Å². The fourth-order valence-electron chi connectivity index (χ4n) is 2.43. The van der Waals surface area contributed by atoms with Crippen LogP contribution in [-0.2, 0) is 0 Å². The Kier molecular flexibility index (Phi) is 3.29. The maximum absolute atomic E-state index is 13.1. The van der Waals surface area contributed by atoms with Gasteiger partial charge >= 0.3 is 6.01 Å². The molecule has 0 unspecified atom stereocenters. The first kappa shape index (κ1) is 12.3. The fraction of sp³-hybridized carbons (Fsp3) is 0.429. The summed E-state index contributed by atoms with van der Waals surface area (Å²) >= 11 is 0. The van der Waals surface area contributed by atoms with Crippen LogP contribution in [0.25, 0.3) is 11.1 Å². The van der Waals surface area contributed by atoms with Crippen LogP contribution in [0.3, 0.4) is 0 Å². The normalized spacial score (nSPS) is 19.9. The zero-order valence-electron chi connectivity index (χ0n) is 10.6. The molecule has 2 aromatic rings. The number of halogens is 1. The van der Waals surface area contributed by atoms with Crippen molar-refractivity contribution in [2.75, 3.05) is 6.54 Å². The molecule has 1 heterocycles. The number of aliphatic imine (C=N–C) groups is 1. The Balaban J connectivity index is 1.81. The van der Waals surface area contributed by atoms with Gasteiger partial charge in [-0.1, -0.05) is 0 Å². The van der Waals surface area contributed by atoms with E-state index in [1.165, 1.54) is 12.1 Å². The molecule has 1 aromatic heterocycles. The van der Waals surface area contributed by atoms with Crippen molar-refractivity contribution in [1.29, 1.82) is 0 Å². The molecule has 1 saturated carbocycles. The molecular weight excluding hydrogens is 245 g/mol. The van der Waals surface area contributed by atoms with Gasteiger partial charge in [-0.05, 0) is 50.3 Å². The molecule has 19 heavy (non-hydrogen) atoms. The van der Waals surface area contributed by atoms with Gasteiger partial charge in [-0.25, -0.2) is 9.38 Å². The van der Waals surface area contributed by atoms with Crippen LogP contribution in [0.5, 0.6) is 0 Å². The van der Waals surface area contributed by atoms with Crippen molar-refractivity contribution >= 4 is 22.8 Å². The van der Waals surface area contributed by atoms with Crippen LogP contribution in [0.2, 0.25) is 0 Å². The van der Waals surface area contributed by atoms with E-state index in [-0.39, 0.29) is 5.82 Å². The third-order valence-corrected chi connectivity index (χ3v) is 3.61. The van der Waals surface area contributed by atoms with Crippen LogP contribution in [0, 0.1) is 11.7 Å². The molecular formula is C14H16FN3O. The van der Waals surface area contributed by atoms with Crippen molar-refractivity contribution in [2.45, 2.75) is 25.7 Å². The minimum Gasteiger partial charge on any atom is -0.422 e. The molecule has 0 bridgehead atoms. The topological polar surface area (TPSA) is 64.4 Å². The highest BCUT2D eigenvalue weighted by Crippen LogP contribution is 2.26. The number of aromatic nitrogens is 1. The molecule has 0 atom stereocenters. The average Bonchev–Trinajstić information content (AvgIpc) is 2.81. The van der Waals surface area contributed by atoms with Crippen LogP contribution in [0.1, 0.15) is 25.7 Å². The molecule has 100 valence electrons. The second-order valence-corrected chi connectivity index (χ2v) is 4.97. The number of nitrogens with two attached hydrogens (primary N) is 1. The van der Waals surface area contributed by atoms with E-state index in [0.29, 0.717) is 23.0 Å². The summed E-state index contributed by atoms with van der Waals surface area (Å²) in [6.45, 7) is 0.745. The Morgan fingerprint density at radius 1 is 1.37 bits per heavy atom. The van der Waals surface area contributed by atoms with E-state index in [4.69, 9.17) is 10.2 Å². The zero-order valence-corrected chi connectivity index (χ0v) is 10.6. The second kappa shape index (κ2) is 5.09. The predicted molar refractivity (Wildman–Crippen MR) is 72.1 cm³/mol. The lowest BCUT2D eigenvalue weighted by molar-refractivity contribution is 0.452. The number of rotatable bonds is 2. The lowest BCUT2D eigenvalue weighted by Crippen LogP contribution is -2.21. The Morgan fingerprint density at radius 3 is 2.89 bits per heavy atom. The minimum absolute atomic E-state index is 0.316. The summed E-state index contributed by atoms with van der Waals surface area (Å²) in [6, 6.07) is 4.61. The molecule has 1 aliphatic rings. The number of nitrogens with zero attached hydrogens (tertiary/aromatic N) is 2. The number of hydrogen-bond donors (Lipinski definition) is 1. The third kappa shape index (κ3) is 2.66. The summed E-state index contributed by atoms with van der Waals surface area (Å²) in [5.74, 6) is 0.292. The van der Waals surface area contributed by atoms with E-state index < -0.39 is 0 Å². The Labute approximate surface area is 110 Å². The predicted octanol–water partition coefficient (Wildman–Crippen LogP) is 3.19. The lowest BCUT2D eigenvalue weighted by atomic mass is 9.88. The van der Waals surface area contributed by atoms with Crippen LogP contribution in [-0.4, -0.2) is 17.2 Å². The monoisotopic (exact) mass is 261 g/mol. The zero-order chi connectivity index (χ0) is 13.2. The van der Waals surface area contributed by atoms with Gasteiger partial charge in [0.15, 0.2) is 5.58 Å². The average molecular weight is 261 g/mol. The summed E-state index contributed by atoms with van der Waals surface area (Å²) < 4.78 is 18.5. The van der Waals surface area contributed by atoms with Crippen molar-refractivity contribution in [1.82, 2.24) is 4.98 Å². The van der Waals surface area contributed by atoms with Crippen LogP contribution in [0.4, 0.5) is 10.4 Å². The lowest BCUT2D eigenvalue weighted by Gasteiger charge is -2.20. The molecule has 0 radical (unpaired) electrons. The van der Waals surface area contributed by atoms with E-state index in [9.17, 15) is 4.39 Å². The molecule has 0 saturated heterocycles. The third-order valence-electron chi connectivity index (χ3n) is 3.61. The van der Waals surface area contributed by atoms with Gasteiger partial charge in [-0.15, -0.1) is 0 Å². The van der Waals surface area contributed by atoms with Gasteiger partial charge < -0.3 is 10.2 Å². The van der Waals surface area contributed by atoms with Crippen molar-refractivity contribution in [3.8, 4) is 0 Å². The van der Waals surface area contributed by atoms with Crippen molar-refractivity contribution in [3.63, 3.8) is 0 Å². The highest BCUT2D eigenvalue weighted by molar-refractivity contribution is 5.87. The molecule has 2 N–H and O–H groups in total.